The first-order valence-electron chi connectivity index (χ1n) is 7.30. The third-order valence-electron chi connectivity index (χ3n) is 3.58. The van der Waals surface area contributed by atoms with Crippen LogP contribution in [0.1, 0.15) is 37.0 Å². The van der Waals surface area contributed by atoms with Crippen molar-refractivity contribution in [2.75, 3.05) is 13.2 Å². The Morgan fingerprint density at radius 3 is 3.19 bits per heavy atom. The standard InChI is InChI=1S/C15H20N2O4/c18-14(12-4-3-10-19-12)15-16-6-7-17(15)8-11-21-13-5-1-2-9-20-13/h3-4,6-7,10,13-14,18H,1-2,5,8-9,11H2/t13-,14-/m0/s1. The fourth-order valence-corrected chi connectivity index (χ4v) is 2.46. The molecule has 0 aromatic carbocycles. The normalized spacial score (nSPS) is 20.5. The number of aliphatic hydroxyl groups is 1. The van der Waals surface area contributed by atoms with Gasteiger partial charge in [-0.25, -0.2) is 4.98 Å². The monoisotopic (exact) mass is 292 g/mol. The number of rotatable bonds is 6. The highest BCUT2D eigenvalue weighted by atomic mass is 16.7. The van der Waals surface area contributed by atoms with Gasteiger partial charge in [-0.1, -0.05) is 0 Å². The van der Waals surface area contributed by atoms with Crippen LogP contribution in [0.2, 0.25) is 0 Å². The number of hydrogen-bond donors (Lipinski definition) is 1. The molecule has 114 valence electrons. The van der Waals surface area contributed by atoms with Crippen LogP contribution in [0.3, 0.4) is 0 Å². The molecule has 0 spiro atoms. The Kier molecular flexibility index (Phi) is 4.69. The van der Waals surface area contributed by atoms with Gasteiger partial charge in [-0.2, -0.15) is 0 Å². The van der Waals surface area contributed by atoms with Gasteiger partial charge in [0.1, 0.15) is 11.6 Å². The summed E-state index contributed by atoms with van der Waals surface area (Å²) in [5.74, 6) is 1.04. The third-order valence-corrected chi connectivity index (χ3v) is 3.58. The molecule has 1 fully saturated rings. The number of aromatic nitrogens is 2. The molecule has 0 aliphatic carbocycles. The van der Waals surface area contributed by atoms with Gasteiger partial charge in [0.25, 0.3) is 0 Å². The second kappa shape index (κ2) is 6.89. The Labute approximate surface area is 123 Å². The zero-order valence-electron chi connectivity index (χ0n) is 11.9. The molecule has 0 amide bonds. The van der Waals surface area contributed by atoms with E-state index in [1.807, 2.05) is 10.8 Å². The zero-order valence-corrected chi connectivity index (χ0v) is 11.9. The predicted molar refractivity (Wildman–Crippen MR) is 74.5 cm³/mol. The second-order valence-corrected chi connectivity index (χ2v) is 5.06. The Balaban J connectivity index is 1.55. The number of ether oxygens (including phenoxy) is 2. The van der Waals surface area contributed by atoms with Crippen molar-refractivity contribution in [1.82, 2.24) is 9.55 Å². The SMILES string of the molecule is O[C@@H](c1ccco1)c1nccn1CCO[C@H]1CCCCO1. The minimum absolute atomic E-state index is 0.0966. The van der Waals surface area contributed by atoms with Crippen LogP contribution in [0, 0.1) is 0 Å². The first-order chi connectivity index (χ1) is 10.3. The van der Waals surface area contributed by atoms with Crippen molar-refractivity contribution >= 4 is 0 Å². The van der Waals surface area contributed by atoms with Crippen molar-refractivity contribution in [2.24, 2.45) is 0 Å². The molecule has 1 saturated heterocycles. The summed E-state index contributed by atoms with van der Waals surface area (Å²) in [6.07, 6.45) is 7.28. The largest absolute Gasteiger partial charge is 0.466 e. The fourth-order valence-electron chi connectivity index (χ4n) is 2.46. The average molecular weight is 292 g/mol. The summed E-state index contributed by atoms with van der Waals surface area (Å²) in [5, 5.41) is 10.3. The smallest absolute Gasteiger partial charge is 0.169 e. The van der Waals surface area contributed by atoms with E-state index in [9.17, 15) is 5.11 Å². The molecule has 0 saturated carbocycles. The Bertz CT molecular complexity index is 532. The van der Waals surface area contributed by atoms with E-state index in [-0.39, 0.29) is 6.29 Å². The minimum atomic E-state index is -0.860. The maximum absolute atomic E-state index is 10.3. The van der Waals surface area contributed by atoms with Crippen molar-refractivity contribution in [1.29, 1.82) is 0 Å². The van der Waals surface area contributed by atoms with E-state index in [4.69, 9.17) is 13.9 Å². The molecule has 3 rings (SSSR count). The van der Waals surface area contributed by atoms with Gasteiger partial charge in [0.15, 0.2) is 12.4 Å². The lowest BCUT2D eigenvalue weighted by Crippen LogP contribution is -2.24. The Morgan fingerprint density at radius 2 is 2.43 bits per heavy atom. The van der Waals surface area contributed by atoms with E-state index in [1.54, 1.807) is 18.3 Å². The van der Waals surface area contributed by atoms with E-state index in [1.165, 1.54) is 6.26 Å². The van der Waals surface area contributed by atoms with Crippen LogP contribution in [0.25, 0.3) is 0 Å². The average Bonchev–Trinajstić information content (AvgIpc) is 3.19. The molecule has 21 heavy (non-hydrogen) atoms. The summed E-state index contributed by atoms with van der Waals surface area (Å²) in [6.45, 7) is 1.92. The fraction of sp³-hybridized carbons (Fsp3) is 0.533. The number of aliphatic hydroxyl groups excluding tert-OH is 1. The highest BCUT2D eigenvalue weighted by molar-refractivity contribution is 5.12. The Morgan fingerprint density at radius 1 is 1.48 bits per heavy atom. The predicted octanol–water partition coefficient (Wildman–Crippen LogP) is 2.10. The summed E-state index contributed by atoms with van der Waals surface area (Å²) >= 11 is 0. The maximum atomic E-state index is 10.3. The lowest BCUT2D eigenvalue weighted by molar-refractivity contribution is -0.163. The first-order valence-corrected chi connectivity index (χ1v) is 7.30. The van der Waals surface area contributed by atoms with E-state index in [2.05, 4.69) is 4.98 Å². The molecule has 1 N–H and O–H groups in total. The van der Waals surface area contributed by atoms with E-state index in [0.29, 0.717) is 24.7 Å². The van der Waals surface area contributed by atoms with Gasteiger partial charge < -0.3 is 23.6 Å². The molecular weight excluding hydrogens is 272 g/mol. The minimum Gasteiger partial charge on any atom is -0.466 e. The van der Waals surface area contributed by atoms with Crippen LogP contribution < -0.4 is 0 Å². The molecule has 2 atom stereocenters. The molecule has 0 unspecified atom stereocenters. The molecule has 2 aromatic heterocycles. The summed E-state index contributed by atoms with van der Waals surface area (Å²) in [6, 6.07) is 3.48. The van der Waals surface area contributed by atoms with Gasteiger partial charge in [0, 0.05) is 25.5 Å². The quantitative estimate of drug-likeness (QED) is 0.883. The van der Waals surface area contributed by atoms with Gasteiger partial charge >= 0.3 is 0 Å². The molecular formula is C15H20N2O4. The van der Waals surface area contributed by atoms with Gasteiger partial charge in [0.05, 0.1) is 12.9 Å². The van der Waals surface area contributed by atoms with Gasteiger partial charge in [-0.15, -0.1) is 0 Å². The Hall–Kier alpha value is -1.63. The lowest BCUT2D eigenvalue weighted by atomic mass is 10.2. The maximum Gasteiger partial charge on any atom is 0.169 e. The van der Waals surface area contributed by atoms with Gasteiger partial charge in [-0.3, -0.25) is 0 Å². The van der Waals surface area contributed by atoms with Crippen molar-refractivity contribution in [3.05, 3.63) is 42.4 Å². The molecule has 1 aliphatic heterocycles. The third kappa shape index (κ3) is 3.53. The summed E-state index contributed by atoms with van der Waals surface area (Å²) in [7, 11) is 0. The van der Waals surface area contributed by atoms with E-state index >= 15 is 0 Å². The molecule has 6 heteroatoms. The number of imidazole rings is 1. The van der Waals surface area contributed by atoms with Crippen molar-refractivity contribution in [3.63, 3.8) is 0 Å². The molecule has 2 aromatic rings. The summed E-state index contributed by atoms with van der Waals surface area (Å²) < 4.78 is 18.3. The van der Waals surface area contributed by atoms with Crippen molar-refractivity contribution in [3.8, 4) is 0 Å². The molecule has 1 aliphatic rings. The van der Waals surface area contributed by atoms with Crippen LogP contribution in [0.4, 0.5) is 0 Å². The van der Waals surface area contributed by atoms with Crippen LogP contribution in [0.5, 0.6) is 0 Å². The first kappa shape index (κ1) is 14.3. The summed E-state index contributed by atoms with van der Waals surface area (Å²) in [5.41, 5.74) is 0. The highest BCUT2D eigenvalue weighted by Crippen LogP contribution is 2.21. The van der Waals surface area contributed by atoms with Crippen LogP contribution in [-0.2, 0) is 16.0 Å². The second-order valence-electron chi connectivity index (χ2n) is 5.06. The van der Waals surface area contributed by atoms with E-state index in [0.717, 1.165) is 25.9 Å². The summed E-state index contributed by atoms with van der Waals surface area (Å²) in [4.78, 5) is 4.20. The van der Waals surface area contributed by atoms with Crippen molar-refractivity contribution < 1.29 is 19.0 Å². The molecule has 6 nitrogen and oxygen atoms in total. The lowest BCUT2D eigenvalue weighted by Gasteiger charge is -2.23. The van der Waals surface area contributed by atoms with Gasteiger partial charge in [0.2, 0.25) is 0 Å². The van der Waals surface area contributed by atoms with Crippen LogP contribution in [0.15, 0.2) is 35.2 Å². The van der Waals surface area contributed by atoms with Gasteiger partial charge in [-0.05, 0) is 31.4 Å². The number of nitrogens with zero attached hydrogens (tertiary/aromatic N) is 2. The van der Waals surface area contributed by atoms with E-state index < -0.39 is 6.10 Å². The van der Waals surface area contributed by atoms with Crippen LogP contribution >= 0.6 is 0 Å². The number of furan rings is 1. The van der Waals surface area contributed by atoms with Crippen LogP contribution in [-0.4, -0.2) is 34.2 Å². The molecule has 0 bridgehead atoms. The zero-order chi connectivity index (χ0) is 14.5. The molecule has 0 radical (unpaired) electrons. The molecule has 3 heterocycles. The number of hydrogen-bond acceptors (Lipinski definition) is 5. The highest BCUT2D eigenvalue weighted by Gasteiger charge is 2.19. The topological polar surface area (TPSA) is 69.7 Å². The van der Waals surface area contributed by atoms with Crippen molar-refractivity contribution in [2.45, 2.75) is 38.2 Å².